The highest BCUT2D eigenvalue weighted by Crippen LogP contribution is 2.31. The summed E-state index contributed by atoms with van der Waals surface area (Å²) in [7, 11) is 0. The summed E-state index contributed by atoms with van der Waals surface area (Å²) in [5.41, 5.74) is 0. The molecule has 0 saturated heterocycles. The molecule has 78 valence electrons. The zero-order chi connectivity index (χ0) is 10.6. The molecule has 0 bridgehead atoms. The Kier molecular flexibility index (Phi) is 5.60. The summed E-state index contributed by atoms with van der Waals surface area (Å²) in [6.07, 6.45) is 2.63. The molecular weight excluding hydrogens is 305 g/mol. The zero-order valence-corrected chi connectivity index (χ0v) is 11.5. The van der Waals surface area contributed by atoms with Crippen LogP contribution in [0.2, 0.25) is 5.02 Å². The van der Waals surface area contributed by atoms with Gasteiger partial charge in [-0.3, -0.25) is 0 Å². The Bertz CT molecular complexity index is 309. The summed E-state index contributed by atoms with van der Waals surface area (Å²) >= 11 is 16.6. The van der Waals surface area contributed by atoms with Gasteiger partial charge in [0.25, 0.3) is 0 Å². The van der Waals surface area contributed by atoms with Crippen LogP contribution in [0.25, 0.3) is 0 Å². The van der Waals surface area contributed by atoms with Crippen molar-refractivity contribution in [2.75, 3.05) is 5.88 Å². The third-order valence-corrected chi connectivity index (χ3v) is 4.08. The first-order valence-electron chi connectivity index (χ1n) is 4.17. The fourth-order valence-corrected chi connectivity index (χ4v) is 3.17. The van der Waals surface area contributed by atoms with Gasteiger partial charge in [-0.2, -0.15) is 0 Å². The molecule has 0 aliphatic heterocycles. The highest BCUT2D eigenvalue weighted by Gasteiger charge is 2.08. The first kappa shape index (κ1) is 12.6. The molecular formula is C9H10BrCl2NS. The van der Waals surface area contributed by atoms with E-state index in [1.165, 1.54) is 0 Å². The smallest absolute Gasteiger partial charge is 0.111 e. The van der Waals surface area contributed by atoms with E-state index >= 15 is 0 Å². The van der Waals surface area contributed by atoms with Gasteiger partial charge in [0.05, 0.1) is 9.50 Å². The molecule has 0 aliphatic rings. The fourth-order valence-electron chi connectivity index (χ4n) is 0.892. The predicted molar refractivity (Wildman–Crippen MR) is 67.6 cm³/mol. The van der Waals surface area contributed by atoms with Gasteiger partial charge in [-0.05, 0) is 28.4 Å². The molecule has 0 saturated carbocycles. The Morgan fingerprint density at radius 3 is 2.93 bits per heavy atom. The molecule has 1 aromatic heterocycles. The van der Waals surface area contributed by atoms with E-state index in [2.05, 4.69) is 27.8 Å². The minimum Gasteiger partial charge on any atom is -0.247 e. The molecule has 1 rings (SSSR count). The van der Waals surface area contributed by atoms with E-state index in [9.17, 15) is 0 Å². The fraction of sp³-hybridized carbons (Fsp3) is 0.444. The lowest BCUT2D eigenvalue weighted by atomic mass is 10.4. The number of pyridine rings is 1. The van der Waals surface area contributed by atoms with Gasteiger partial charge in [-0.25, -0.2) is 4.98 Å². The van der Waals surface area contributed by atoms with Crippen molar-refractivity contribution in [1.29, 1.82) is 0 Å². The average Bonchev–Trinajstić information content (AvgIpc) is 2.10. The number of halogens is 3. The van der Waals surface area contributed by atoms with Gasteiger partial charge in [0, 0.05) is 17.3 Å². The molecule has 0 spiro atoms. The minimum atomic E-state index is 0.470. The van der Waals surface area contributed by atoms with Crippen molar-refractivity contribution in [3.05, 3.63) is 21.8 Å². The lowest BCUT2D eigenvalue weighted by molar-refractivity contribution is 0.906. The number of hydrogen-bond acceptors (Lipinski definition) is 2. The van der Waals surface area contributed by atoms with Crippen LogP contribution in [-0.4, -0.2) is 16.1 Å². The molecule has 1 heterocycles. The zero-order valence-electron chi connectivity index (χ0n) is 7.64. The third kappa shape index (κ3) is 3.97. The standard InChI is InChI=1S/C9H10BrCl2NS/c1-6(2-3-11)14-9-8(10)4-7(12)5-13-9/h4-6H,2-3H2,1H3. The van der Waals surface area contributed by atoms with E-state index in [4.69, 9.17) is 23.2 Å². The van der Waals surface area contributed by atoms with Crippen molar-refractivity contribution in [2.45, 2.75) is 23.6 Å². The second-order valence-corrected chi connectivity index (χ2v) is 5.94. The normalized spacial score (nSPS) is 12.9. The van der Waals surface area contributed by atoms with Crippen LogP contribution in [0.3, 0.4) is 0 Å². The summed E-state index contributed by atoms with van der Waals surface area (Å²) in [5, 5.41) is 2.08. The van der Waals surface area contributed by atoms with Crippen molar-refractivity contribution in [1.82, 2.24) is 4.98 Å². The summed E-state index contributed by atoms with van der Waals surface area (Å²) in [6.45, 7) is 2.13. The Labute approximate surface area is 107 Å². The number of aromatic nitrogens is 1. The predicted octanol–water partition coefficient (Wildman–Crippen LogP) is 4.61. The SMILES string of the molecule is CC(CCCl)Sc1ncc(Cl)cc1Br. The van der Waals surface area contributed by atoms with Crippen molar-refractivity contribution < 1.29 is 0 Å². The van der Waals surface area contributed by atoms with Crippen LogP contribution in [0.15, 0.2) is 21.8 Å². The molecule has 1 atom stereocenters. The molecule has 14 heavy (non-hydrogen) atoms. The van der Waals surface area contributed by atoms with Gasteiger partial charge in [-0.15, -0.1) is 23.4 Å². The van der Waals surface area contributed by atoms with Crippen LogP contribution in [0.4, 0.5) is 0 Å². The molecule has 0 aliphatic carbocycles. The van der Waals surface area contributed by atoms with Gasteiger partial charge in [0.15, 0.2) is 0 Å². The first-order valence-corrected chi connectivity index (χ1v) is 6.75. The van der Waals surface area contributed by atoms with Crippen molar-refractivity contribution in [2.24, 2.45) is 0 Å². The lowest BCUT2D eigenvalue weighted by Crippen LogP contribution is -1.97. The van der Waals surface area contributed by atoms with Gasteiger partial charge >= 0.3 is 0 Å². The van der Waals surface area contributed by atoms with Gasteiger partial charge in [0.1, 0.15) is 5.03 Å². The van der Waals surface area contributed by atoms with Crippen LogP contribution in [0.5, 0.6) is 0 Å². The van der Waals surface area contributed by atoms with Crippen LogP contribution in [-0.2, 0) is 0 Å². The number of hydrogen-bond donors (Lipinski definition) is 0. The Morgan fingerprint density at radius 2 is 2.36 bits per heavy atom. The van der Waals surface area contributed by atoms with Crippen LogP contribution in [0.1, 0.15) is 13.3 Å². The minimum absolute atomic E-state index is 0.470. The molecule has 1 aromatic rings. The Balaban J connectivity index is 2.67. The molecule has 0 aromatic carbocycles. The topological polar surface area (TPSA) is 12.9 Å². The van der Waals surface area contributed by atoms with Gasteiger partial charge in [-0.1, -0.05) is 18.5 Å². The third-order valence-electron chi connectivity index (χ3n) is 1.60. The summed E-state index contributed by atoms with van der Waals surface area (Å²) in [6, 6.07) is 1.85. The number of alkyl halides is 1. The average molecular weight is 315 g/mol. The van der Waals surface area contributed by atoms with Crippen molar-refractivity contribution >= 4 is 50.9 Å². The number of nitrogens with zero attached hydrogens (tertiary/aromatic N) is 1. The first-order chi connectivity index (χ1) is 6.63. The van der Waals surface area contributed by atoms with E-state index < -0.39 is 0 Å². The van der Waals surface area contributed by atoms with Crippen LogP contribution < -0.4 is 0 Å². The Morgan fingerprint density at radius 1 is 1.64 bits per heavy atom. The summed E-state index contributed by atoms with van der Waals surface area (Å²) in [4.78, 5) is 4.24. The van der Waals surface area contributed by atoms with E-state index in [0.29, 0.717) is 16.2 Å². The molecule has 1 nitrogen and oxygen atoms in total. The molecule has 0 fully saturated rings. The highest BCUT2D eigenvalue weighted by atomic mass is 79.9. The molecule has 0 radical (unpaired) electrons. The monoisotopic (exact) mass is 313 g/mol. The second kappa shape index (κ2) is 6.21. The maximum atomic E-state index is 5.79. The van der Waals surface area contributed by atoms with Crippen molar-refractivity contribution in [3.8, 4) is 0 Å². The summed E-state index contributed by atoms with van der Waals surface area (Å²) in [5.74, 6) is 0.680. The van der Waals surface area contributed by atoms with E-state index in [1.807, 2.05) is 6.07 Å². The molecule has 0 N–H and O–H groups in total. The number of thioether (sulfide) groups is 1. The quantitative estimate of drug-likeness (QED) is 0.594. The van der Waals surface area contributed by atoms with Crippen LogP contribution >= 0.6 is 50.9 Å². The largest absolute Gasteiger partial charge is 0.247 e. The summed E-state index contributed by atoms with van der Waals surface area (Å²) < 4.78 is 0.941. The van der Waals surface area contributed by atoms with E-state index in [-0.39, 0.29) is 0 Å². The van der Waals surface area contributed by atoms with E-state index in [1.54, 1.807) is 18.0 Å². The molecule has 1 unspecified atom stereocenters. The maximum absolute atomic E-state index is 5.79. The Hall–Kier alpha value is 0.560. The van der Waals surface area contributed by atoms with E-state index in [0.717, 1.165) is 15.9 Å². The lowest BCUT2D eigenvalue weighted by Gasteiger charge is -2.09. The highest BCUT2D eigenvalue weighted by molar-refractivity contribution is 9.10. The van der Waals surface area contributed by atoms with Crippen molar-refractivity contribution in [3.63, 3.8) is 0 Å². The van der Waals surface area contributed by atoms with Crippen LogP contribution in [0, 0.1) is 0 Å². The second-order valence-electron chi connectivity index (χ2n) is 2.85. The number of rotatable bonds is 4. The molecule has 5 heteroatoms. The van der Waals surface area contributed by atoms with Gasteiger partial charge < -0.3 is 0 Å². The van der Waals surface area contributed by atoms with Gasteiger partial charge in [0.2, 0.25) is 0 Å². The maximum Gasteiger partial charge on any atom is 0.111 e. The molecule has 0 amide bonds.